The van der Waals surface area contributed by atoms with Gasteiger partial charge in [-0.25, -0.2) is 0 Å². The molecule has 1 fully saturated rings. The van der Waals surface area contributed by atoms with E-state index in [2.05, 4.69) is 20.7 Å². The lowest BCUT2D eigenvalue weighted by molar-refractivity contribution is 0.0525. The Hall–Kier alpha value is -0.870. The summed E-state index contributed by atoms with van der Waals surface area (Å²) in [5.74, 6) is 0.900. The predicted molar refractivity (Wildman–Crippen MR) is 70.3 cm³/mol. The number of methoxy groups -OCH3 is 1. The second-order valence-electron chi connectivity index (χ2n) is 5.71. The lowest BCUT2D eigenvalue weighted by atomic mass is 10.1. The topological polar surface area (TPSA) is 30.3 Å². The highest BCUT2D eigenvalue weighted by Gasteiger charge is 2.25. The molecule has 0 spiro atoms. The first kappa shape index (κ1) is 12.2. The van der Waals surface area contributed by atoms with Crippen LogP contribution in [0.2, 0.25) is 0 Å². The zero-order chi connectivity index (χ0) is 12.4. The minimum Gasteiger partial charge on any atom is -0.378 e. The van der Waals surface area contributed by atoms with Gasteiger partial charge in [-0.15, -0.1) is 0 Å². The zero-order valence-corrected chi connectivity index (χ0v) is 11.2. The second kappa shape index (κ2) is 5.41. The molecule has 4 nitrogen and oxygen atoms in total. The van der Waals surface area contributed by atoms with Crippen molar-refractivity contribution < 1.29 is 4.74 Å². The summed E-state index contributed by atoms with van der Waals surface area (Å²) in [5.41, 5.74) is 1.33. The van der Waals surface area contributed by atoms with Gasteiger partial charge < -0.3 is 4.74 Å². The molecule has 2 aliphatic rings. The maximum atomic E-state index is 5.59. The van der Waals surface area contributed by atoms with Crippen molar-refractivity contribution in [2.75, 3.05) is 20.2 Å². The van der Waals surface area contributed by atoms with Gasteiger partial charge in [0.1, 0.15) is 0 Å². The monoisotopic (exact) mass is 249 g/mol. The van der Waals surface area contributed by atoms with Crippen LogP contribution in [0.25, 0.3) is 0 Å². The minimum atomic E-state index is 0.271. The van der Waals surface area contributed by atoms with Crippen LogP contribution in [0.4, 0.5) is 0 Å². The summed E-state index contributed by atoms with van der Waals surface area (Å²) in [4.78, 5) is 2.56. The Labute approximate surface area is 109 Å². The molecule has 4 heteroatoms. The van der Waals surface area contributed by atoms with E-state index < -0.39 is 0 Å². The van der Waals surface area contributed by atoms with E-state index in [0.717, 1.165) is 25.6 Å². The average molecular weight is 249 g/mol. The average Bonchev–Trinajstić information content (AvgIpc) is 2.98. The van der Waals surface area contributed by atoms with Gasteiger partial charge in [0.05, 0.1) is 18.3 Å². The van der Waals surface area contributed by atoms with Crippen molar-refractivity contribution in [1.82, 2.24) is 14.7 Å². The normalized spacial score (nSPS) is 26.2. The summed E-state index contributed by atoms with van der Waals surface area (Å²) >= 11 is 0. The molecular formula is C14H23N3O. The summed E-state index contributed by atoms with van der Waals surface area (Å²) in [6, 6.07) is 2.14. The molecule has 1 saturated carbocycles. The molecule has 2 heterocycles. The summed E-state index contributed by atoms with van der Waals surface area (Å²) in [5, 5.41) is 4.39. The van der Waals surface area contributed by atoms with Crippen LogP contribution in [0.1, 0.15) is 31.4 Å². The van der Waals surface area contributed by atoms with Gasteiger partial charge >= 0.3 is 0 Å². The number of ether oxygens (including phenoxy) is 1. The fraction of sp³-hybridized carbons (Fsp3) is 0.786. The maximum absolute atomic E-state index is 5.59. The number of aromatic nitrogens is 2. The summed E-state index contributed by atoms with van der Waals surface area (Å²) in [6.07, 6.45) is 7.84. The Morgan fingerprint density at radius 1 is 1.33 bits per heavy atom. The Kier molecular flexibility index (Phi) is 3.66. The van der Waals surface area contributed by atoms with Gasteiger partial charge in [-0.2, -0.15) is 5.10 Å². The molecule has 0 radical (unpaired) electrons. The molecule has 100 valence electrons. The first-order valence-electron chi connectivity index (χ1n) is 7.11. The van der Waals surface area contributed by atoms with Crippen LogP contribution in [0.3, 0.4) is 0 Å². The van der Waals surface area contributed by atoms with Gasteiger partial charge in [0.2, 0.25) is 0 Å². The van der Waals surface area contributed by atoms with E-state index in [1.807, 2.05) is 13.3 Å². The number of hydrogen-bond donors (Lipinski definition) is 0. The van der Waals surface area contributed by atoms with Gasteiger partial charge in [0, 0.05) is 32.9 Å². The fourth-order valence-corrected chi connectivity index (χ4v) is 3.34. The second-order valence-corrected chi connectivity index (χ2v) is 5.71. The van der Waals surface area contributed by atoms with Gasteiger partial charge in [0.15, 0.2) is 0 Å². The Bertz CT molecular complexity index is 384. The van der Waals surface area contributed by atoms with Gasteiger partial charge in [-0.3, -0.25) is 9.58 Å². The van der Waals surface area contributed by atoms with Crippen LogP contribution >= 0.6 is 0 Å². The number of nitrogens with zero attached hydrogens (tertiary/aromatic N) is 3. The lowest BCUT2D eigenvalue weighted by Gasteiger charge is -2.25. The first-order valence-corrected chi connectivity index (χ1v) is 7.11. The van der Waals surface area contributed by atoms with Crippen molar-refractivity contribution in [3.05, 3.63) is 18.0 Å². The van der Waals surface area contributed by atoms with Crippen molar-refractivity contribution in [2.45, 2.75) is 44.9 Å². The van der Waals surface area contributed by atoms with Gasteiger partial charge in [-0.05, 0) is 24.8 Å². The molecule has 1 aromatic heterocycles. The smallest absolute Gasteiger partial charge is 0.0893 e. The molecule has 0 saturated heterocycles. The molecule has 0 amide bonds. The van der Waals surface area contributed by atoms with Gasteiger partial charge in [0.25, 0.3) is 0 Å². The van der Waals surface area contributed by atoms with Crippen molar-refractivity contribution in [2.24, 2.45) is 5.92 Å². The number of hydrogen-bond acceptors (Lipinski definition) is 3. The minimum absolute atomic E-state index is 0.271. The van der Waals surface area contributed by atoms with Crippen LogP contribution in [-0.2, 0) is 17.8 Å². The molecule has 0 aromatic carbocycles. The standard InChI is InChI=1S/C14H23N3O/c1-18-14-10-16(8-12-4-2-3-5-12)9-13-6-7-15-17(13)11-14/h6-7,12,14H,2-5,8-11H2,1H3/t14-/m1/s1. The van der Waals surface area contributed by atoms with E-state index in [4.69, 9.17) is 4.74 Å². The highest BCUT2D eigenvalue weighted by Crippen LogP contribution is 2.26. The molecule has 1 aliphatic heterocycles. The van der Waals surface area contributed by atoms with Crippen molar-refractivity contribution >= 4 is 0 Å². The third-order valence-electron chi connectivity index (χ3n) is 4.35. The molecule has 1 aromatic rings. The molecule has 18 heavy (non-hydrogen) atoms. The molecule has 0 bridgehead atoms. The Balaban J connectivity index is 1.70. The van der Waals surface area contributed by atoms with Crippen LogP contribution in [0.15, 0.2) is 12.3 Å². The van der Waals surface area contributed by atoms with Crippen LogP contribution < -0.4 is 0 Å². The van der Waals surface area contributed by atoms with E-state index in [0.29, 0.717) is 0 Å². The molecule has 0 unspecified atom stereocenters. The Morgan fingerprint density at radius 2 is 2.17 bits per heavy atom. The molecule has 0 N–H and O–H groups in total. The van der Waals surface area contributed by atoms with E-state index in [1.54, 1.807) is 0 Å². The SMILES string of the molecule is CO[C@@H]1CN(CC2CCCC2)Cc2ccnn2C1. The number of rotatable bonds is 3. The highest BCUT2D eigenvalue weighted by molar-refractivity contribution is 5.02. The van der Waals surface area contributed by atoms with Crippen molar-refractivity contribution in [1.29, 1.82) is 0 Å². The van der Waals surface area contributed by atoms with E-state index in [-0.39, 0.29) is 6.10 Å². The van der Waals surface area contributed by atoms with Crippen LogP contribution in [0, 0.1) is 5.92 Å². The summed E-state index contributed by atoms with van der Waals surface area (Å²) in [6.45, 7) is 4.18. The first-order chi connectivity index (χ1) is 8.85. The lowest BCUT2D eigenvalue weighted by Crippen LogP contribution is -2.35. The molecule has 3 rings (SSSR count). The Morgan fingerprint density at radius 3 is 2.94 bits per heavy atom. The third-order valence-corrected chi connectivity index (χ3v) is 4.35. The van der Waals surface area contributed by atoms with Crippen molar-refractivity contribution in [3.63, 3.8) is 0 Å². The largest absolute Gasteiger partial charge is 0.378 e. The van der Waals surface area contributed by atoms with Crippen molar-refractivity contribution in [3.8, 4) is 0 Å². The summed E-state index contributed by atoms with van der Waals surface area (Å²) < 4.78 is 7.69. The quantitative estimate of drug-likeness (QED) is 0.819. The highest BCUT2D eigenvalue weighted by atomic mass is 16.5. The van der Waals surface area contributed by atoms with E-state index >= 15 is 0 Å². The fourth-order valence-electron chi connectivity index (χ4n) is 3.34. The van der Waals surface area contributed by atoms with Crippen LogP contribution in [-0.4, -0.2) is 41.0 Å². The molecule has 1 atom stereocenters. The van der Waals surface area contributed by atoms with Gasteiger partial charge in [-0.1, -0.05) is 12.8 Å². The maximum Gasteiger partial charge on any atom is 0.0893 e. The summed E-state index contributed by atoms with van der Waals surface area (Å²) in [7, 11) is 1.81. The van der Waals surface area contributed by atoms with E-state index in [1.165, 1.54) is 37.9 Å². The predicted octanol–water partition coefficient (Wildman–Crippen LogP) is 1.90. The van der Waals surface area contributed by atoms with Crippen LogP contribution in [0.5, 0.6) is 0 Å². The van der Waals surface area contributed by atoms with E-state index in [9.17, 15) is 0 Å². The molecule has 1 aliphatic carbocycles. The number of fused-ring (bicyclic) bond motifs is 1. The third kappa shape index (κ3) is 2.59. The zero-order valence-electron chi connectivity index (χ0n) is 11.2. The molecular weight excluding hydrogens is 226 g/mol.